The van der Waals surface area contributed by atoms with Gasteiger partial charge in [-0.1, -0.05) is 53.5 Å². The molecule has 10 heteroatoms. The lowest BCUT2D eigenvalue weighted by Gasteiger charge is -2.15. The SMILES string of the molecule is O=C(c1cnc(-c2ccccn2)o1)c1c(C(F)(F)F)n(Cc2ccc(Cl)cc2Cl)c2ccccc12. The number of carbonyl (C=O) groups excluding carboxylic acids is 1. The van der Waals surface area contributed by atoms with Crippen molar-refractivity contribution in [2.45, 2.75) is 12.7 Å². The molecule has 0 atom stereocenters. The first-order valence-corrected chi connectivity index (χ1v) is 11.0. The zero-order valence-electron chi connectivity index (χ0n) is 17.7. The molecule has 0 saturated carbocycles. The second kappa shape index (κ2) is 8.87. The Bertz CT molecular complexity index is 1560. The van der Waals surface area contributed by atoms with Crippen molar-refractivity contribution in [2.75, 3.05) is 0 Å². The predicted molar refractivity (Wildman–Crippen MR) is 126 cm³/mol. The average molecular weight is 516 g/mol. The van der Waals surface area contributed by atoms with Crippen LogP contribution in [0.3, 0.4) is 0 Å². The molecule has 0 amide bonds. The molecule has 3 aromatic heterocycles. The summed E-state index contributed by atoms with van der Waals surface area (Å²) in [5.74, 6) is -1.24. The number of benzene rings is 2. The van der Waals surface area contributed by atoms with Gasteiger partial charge in [0, 0.05) is 33.7 Å². The van der Waals surface area contributed by atoms with Crippen LogP contribution in [0.25, 0.3) is 22.5 Å². The van der Waals surface area contributed by atoms with Crippen LogP contribution in [-0.4, -0.2) is 20.3 Å². The number of pyridine rings is 1. The van der Waals surface area contributed by atoms with E-state index >= 15 is 0 Å². The van der Waals surface area contributed by atoms with Gasteiger partial charge in [0.25, 0.3) is 0 Å². The topological polar surface area (TPSA) is 60.9 Å². The van der Waals surface area contributed by atoms with Gasteiger partial charge in [-0.2, -0.15) is 13.2 Å². The number of para-hydroxylation sites is 1. The Kier molecular flexibility index (Phi) is 5.86. The molecule has 35 heavy (non-hydrogen) atoms. The van der Waals surface area contributed by atoms with Gasteiger partial charge in [-0.3, -0.25) is 9.78 Å². The lowest BCUT2D eigenvalue weighted by atomic mass is 10.0. The fraction of sp³-hybridized carbons (Fsp3) is 0.0800. The standard InChI is InChI=1S/C25H14Cl2F3N3O2/c26-15-9-8-14(17(27)11-15)13-33-19-7-2-1-5-16(19)21(23(33)25(28,29)30)22(34)20-12-32-24(35-20)18-6-3-4-10-31-18/h1-12H,13H2. The summed E-state index contributed by atoms with van der Waals surface area (Å²) in [7, 11) is 0. The molecule has 0 aliphatic rings. The molecule has 5 rings (SSSR count). The van der Waals surface area contributed by atoms with E-state index in [9.17, 15) is 18.0 Å². The van der Waals surface area contributed by atoms with Crippen molar-refractivity contribution in [3.8, 4) is 11.6 Å². The van der Waals surface area contributed by atoms with Gasteiger partial charge in [0.2, 0.25) is 11.7 Å². The van der Waals surface area contributed by atoms with Crippen molar-refractivity contribution < 1.29 is 22.4 Å². The molecule has 0 saturated heterocycles. The van der Waals surface area contributed by atoms with Crippen LogP contribution in [-0.2, 0) is 12.7 Å². The van der Waals surface area contributed by atoms with Crippen LogP contribution in [0.2, 0.25) is 10.0 Å². The number of oxazole rings is 1. The normalized spacial score (nSPS) is 11.8. The fourth-order valence-electron chi connectivity index (χ4n) is 3.92. The number of ketones is 1. The Morgan fingerprint density at radius 3 is 2.49 bits per heavy atom. The van der Waals surface area contributed by atoms with Crippen molar-refractivity contribution in [3.05, 3.63) is 106 Å². The molecule has 176 valence electrons. The first kappa shape index (κ1) is 23.1. The smallest absolute Gasteiger partial charge is 0.431 e. The van der Waals surface area contributed by atoms with Crippen LogP contribution in [0, 0.1) is 0 Å². The Morgan fingerprint density at radius 2 is 1.77 bits per heavy atom. The van der Waals surface area contributed by atoms with Crippen LogP contribution in [0.15, 0.2) is 77.5 Å². The van der Waals surface area contributed by atoms with E-state index in [2.05, 4.69) is 9.97 Å². The molecule has 5 nitrogen and oxygen atoms in total. The molecule has 3 heterocycles. The van der Waals surface area contributed by atoms with Gasteiger partial charge in [-0.05, 0) is 35.9 Å². The summed E-state index contributed by atoms with van der Waals surface area (Å²) in [6.07, 6.45) is -2.24. The largest absolute Gasteiger partial charge is 0.432 e. The molecule has 0 radical (unpaired) electrons. The zero-order chi connectivity index (χ0) is 24.7. The number of aromatic nitrogens is 3. The Morgan fingerprint density at radius 1 is 1.00 bits per heavy atom. The van der Waals surface area contributed by atoms with Gasteiger partial charge < -0.3 is 8.98 Å². The number of nitrogens with zero attached hydrogens (tertiary/aromatic N) is 3. The molecule has 0 fully saturated rings. The minimum atomic E-state index is -4.85. The number of alkyl halides is 3. The van der Waals surface area contributed by atoms with Gasteiger partial charge in [0.15, 0.2) is 5.76 Å². The van der Waals surface area contributed by atoms with E-state index in [0.717, 1.165) is 10.8 Å². The third-order valence-corrected chi connectivity index (χ3v) is 6.01. The van der Waals surface area contributed by atoms with Crippen molar-refractivity contribution in [2.24, 2.45) is 0 Å². The van der Waals surface area contributed by atoms with Crippen LogP contribution < -0.4 is 0 Å². The van der Waals surface area contributed by atoms with E-state index in [1.807, 2.05) is 0 Å². The van der Waals surface area contributed by atoms with Gasteiger partial charge in [-0.25, -0.2) is 4.98 Å². The second-order valence-corrected chi connectivity index (χ2v) is 8.48. The second-order valence-electron chi connectivity index (χ2n) is 7.63. The molecule has 0 aliphatic heterocycles. The first-order valence-electron chi connectivity index (χ1n) is 10.3. The summed E-state index contributed by atoms with van der Waals surface area (Å²) in [5, 5.41) is 0.703. The maximum Gasteiger partial charge on any atom is 0.432 e. The van der Waals surface area contributed by atoms with E-state index in [4.69, 9.17) is 27.6 Å². The van der Waals surface area contributed by atoms with Crippen molar-refractivity contribution in [3.63, 3.8) is 0 Å². The molecule has 2 aromatic carbocycles. The zero-order valence-corrected chi connectivity index (χ0v) is 19.2. The third kappa shape index (κ3) is 4.31. The third-order valence-electron chi connectivity index (χ3n) is 5.42. The number of fused-ring (bicyclic) bond motifs is 1. The van der Waals surface area contributed by atoms with Gasteiger partial charge in [0.05, 0.1) is 11.8 Å². The first-order chi connectivity index (χ1) is 16.7. The summed E-state index contributed by atoms with van der Waals surface area (Å²) in [6.45, 7) is -0.228. The van der Waals surface area contributed by atoms with E-state index in [-0.39, 0.29) is 34.1 Å². The number of rotatable bonds is 5. The Hall–Kier alpha value is -3.62. The molecule has 5 aromatic rings. The fourth-order valence-corrected chi connectivity index (χ4v) is 4.39. The van der Waals surface area contributed by atoms with Gasteiger partial charge in [0.1, 0.15) is 11.4 Å². The summed E-state index contributed by atoms with van der Waals surface area (Å²) in [5.41, 5.74) is -0.646. The highest BCUT2D eigenvalue weighted by molar-refractivity contribution is 6.35. The number of hydrogen-bond donors (Lipinski definition) is 0. The highest BCUT2D eigenvalue weighted by Gasteiger charge is 2.42. The lowest BCUT2D eigenvalue weighted by molar-refractivity contribution is -0.143. The molecule has 0 bridgehead atoms. The molecule has 0 unspecified atom stereocenters. The lowest BCUT2D eigenvalue weighted by Crippen LogP contribution is -2.18. The van der Waals surface area contributed by atoms with E-state index in [0.29, 0.717) is 16.3 Å². The maximum absolute atomic E-state index is 14.5. The summed E-state index contributed by atoms with van der Waals surface area (Å²) in [6, 6.07) is 15.7. The quantitative estimate of drug-likeness (QED) is 0.230. The number of carbonyl (C=O) groups is 1. The molecule has 0 N–H and O–H groups in total. The van der Waals surface area contributed by atoms with Crippen LogP contribution >= 0.6 is 23.2 Å². The van der Waals surface area contributed by atoms with Crippen molar-refractivity contribution in [1.82, 2.24) is 14.5 Å². The van der Waals surface area contributed by atoms with E-state index < -0.39 is 23.2 Å². The summed E-state index contributed by atoms with van der Waals surface area (Å²) in [4.78, 5) is 21.6. The Balaban J connectivity index is 1.68. The van der Waals surface area contributed by atoms with E-state index in [1.54, 1.807) is 42.5 Å². The van der Waals surface area contributed by atoms with Crippen LogP contribution in [0.4, 0.5) is 13.2 Å². The van der Waals surface area contributed by atoms with E-state index in [1.165, 1.54) is 24.4 Å². The Labute approximate surface area is 206 Å². The highest BCUT2D eigenvalue weighted by atomic mass is 35.5. The number of hydrogen-bond acceptors (Lipinski definition) is 4. The summed E-state index contributed by atoms with van der Waals surface area (Å²) < 4.78 is 50.0. The molecular weight excluding hydrogens is 502 g/mol. The minimum Gasteiger partial charge on any atom is -0.431 e. The maximum atomic E-state index is 14.5. The monoisotopic (exact) mass is 515 g/mol. The molecular formula is C25H14Cl2F3N3O2. The highest BCUT2D eigenvalue weighted by Crippen LogP contribution is 2.40. The van der Waals surface area contributed by atoms with Crippen LogP contribution in [0.1, 0.15) is 27.4 Å². The summed E-state index contributed by atoms with van der Waals surface area (Å²) >= 11 is 12.2. The number of halogens is 5. The van der Waals surface area contributed by atoms with Gasteiger partial charge >= 0.3 is 6.18 Å². The van der Waals surface area contributed by atoms with Crippen molar-refractivity contribution >= 4 is 39.9 Å². The predicted octanol–water partition coefficient (Wildman–Crippen LogP) is 7.30. The van der Waals surface area contributed by atoms with Crippen molar-refractivity contribution in [1.29, 1.82) is 0 Å². The average Bonchev–Trinajstić information content (AvgIpc) is 3.45. The molecule has 0 aliphatic carbocycles. The molecule has 0 spiro atoms. The van der Waals surface area contributed by atoms with Crippen LogP contribution in [0.5, 0.6) is 0 Å². The van der Waals surface area contributed by atoms with Gasteiger partial charge in [-0.15, -0.1) is 0 Å². The minimum absolute atomic E-state index is 0.0270.